The highest BCUT2D eigenvalue weighted by atomic mass is 16.4. The molecule has 126 valence electrons. The van der Waals surface area contributed by atoms with Crippen molar-refractivity contribution in [2.24, 2.45) is 5.92 Å². The number of para-hydroxylation sites is 1. The molecular weight excluding hydrogens is 304 g/mol. The number of amides is 1. The van der Waals surface area contributed by atoms with Gasteiger partial charge < -0.3 is 15.0 Å². The van der Waals surface area contributed by atoms with E-state index in [1.165, 1.54) is 0 Å². The maximum absolute atomic E-state index is 12.6. The van der Waals surface area contributed by atoms with Crippen LogP contribution in [0.3, 0.4) is 0 Å². The number of nitrogens with one attached hydrogen (secondary N) is 1. The van der Waals surface area contributed by atoms with E-state index in [4.69, 9.17) is 5.11 Å². The van der Waals surface area contributed by atoms with Gasteiger partial charge in [-0.05, 0) is 51.3 Å². The first kappa shape index (κ1) is 16.3. The van der Waals surface area contributed by atoms with Crippen molar-refractivity contribution in [2.75, 3.05) is 0 Å². The van der Waals surface area contributed by atoms with Crippen molar-refractivity contribution in [3.05, 3.63) is 53.3 Å². The first-order chi connectivity index (χ1) is 11.5. The summed E-state index contributed by atoms with van der Waals surface area (Å²) in [5.74, 6) is -1.23. The number of hydrogen-bond donors (Lipinski definition) is 2. The van der Waals surface area contributed by atoms with Gasteiger partial charge >= 0.3 is 5.97 Å². The van der Waals surface area contributed by atoms with Gasteiger partial charge in [-0.15, -0.1) is 0 Å². The summed E-state index contributed by atoms with van der Waals surface area (Å²) in [6, 6.07) is 11.8. The lowest BCUT2D eigenvalue weighted by Gasteiger charge is -2.13. The maximum atomic E-state index is 12.6. The molecule has 1 aliphatic rings. The quantitative estimate of drug-likeness (QED) is 0.907. The lowest BCUT2D eigenvalue weighted by molar-refractivity contribution is -0.141. The summed E-state index contributed by atoms with van der Waals surface area (Å²) in [7, 11) is 0. The van der Waals surface area contributed by atoms with E-state index in [0.29, 0.717) is 18.4 Å². The number of carbonyl (C=O) groups excluding carboxylic acids is 1. The molecule has 1 aromatic heterocycles. The molecule has 1 saturated carbocycles. The Morgan fingerprint density at radius 2 is 1.88 bits per heavy atom. The van der Waals surface area contributed by atoms with Gasteiger partial charge in [0, 0.05) is 23.1 Å². The molecule has 1 amide bonds. The molecule has 2 atom stereocenters. The lowest BCUT2D eigenvalue weighted by Crippen LogP contribution is -2.33. The Kier molecular flexibility index (Phi) is 4.42. The smallest absolute Gasteiger partial charge is 0.306 e. The number of rotatable bonds is 4. The van der Waals surface area contributed by atoms with E-state index < -0.39 is 5.97 Å². The molecule has 1 aromatic carbocycles. The molecule has 0 spiro atoms. The summed E-state index contributed by atoms with van der Waals surface area (Å²) in [6.07, 6.45) is 1.86. The first-order valence-corrected chi connectivity index (χ1v) is 8.25. The monoisotopic (exact) mass is 326 g/mol. The van der Waals surface area contributed by atoms with Gasteiger partial charge in [0.15, 0.2) is 0 Å². The second-order valence-electron chi connectivity index (χ2n) is 6.47. The molecular formula is C19H22N2O3. The third kappa shape index (κ3) is 3.07. The number of carbonyl (C=O) groups is 2. The topological polar surface area (TPSA) is 71.3 Å². The molecule has 0 radical (unpaired) electrons. The summed E-state index contributed by atoms with van der Waals surface area (Å²) in [5, 5.41) is 12.1. The molecule has 0 bridgehead atoms. The zero-order valence-electron chi connectivity index (χ0n) is 14.0. The maximum Gasteiger partial charge on any atom is 0.306 e. The predicted molar refractivity (Wildman–Crippen MR) is 91.5 cm³/mol. The number of aryl methyl sites for hydroxylation is 1. The highest BCUT2D eigenvalue weighted by Crippen LogP contribution is 2.27. The van der Waals surface area contributed by atoms with E-state index >= 15 is 0 Å². The van der Waals surface area contributed by atoms with Crippen molar-refractivity contribution in [3.8, 4) is 5.69 Å². The van der Waals surface area contributed by atoms with Crippen LogP contribution in [-0.4, -0.2) is 27.6 Å². The largest absolute Gasteiger partial charge is 0.481 e. The average molecular weight is 326 g/mol. The summed E-state index contributed by atoms with van der Waals surface area (Å²) in [6.45, 7) is 3.91. The Morgan fingerprint density at radius 3 is 2.50 bits per heavy atom. The van der Waals surface area contributed by atoms with Crippen LogP contribution in [0.25, 0.3) is 5.69 Å². The van der Waals surface area contributed by atoms with Crippen LogP contribution in [0.1, 0.15) is 41.0 Å². The second kappa shape index (κ2) is 6.51. The van der Waals surface area contributed by atoms with Gasteiger partial charge in [0.25, 0.3) is 5.91 Å². The normalized spacial score (nSPS) is 20.1. The fourth-order valence-electron chi connectivity index (χ4n) is 3.57. The van der Waals surface area contributed by atoms with Gasteiger partial charge in [0.1, 0.15) is 0 Å². The van der Waals surface area contributed by atoms with E-state index in [1.807, 2.05) is 50.2 Å². The van der Waals surface area contributed by atoms with Gasteiger partial charge in [-0.25, -0.2) is 0 Å². The lowest BCUT2D eigenvalue weighted by atomic mass is 10.1. The van der Waals surface area contributed by atoms with Crippen LogP contribution in [0.4, 0.5) is 0 Å². The zero-order valence-corrected chi connectivity index (χ0v) is 14.0. The number of nitrogens with zero attached hydrogens (tertiary/aromatic N) is 1. The average Bonchev–Trinajstić information content (AvgIpc) is 3.13. The van der Waals surface area contributed by atoms with Gasteiger partial charge in [-0.1, -0.05) is 18.2 Å². The fraction of sp³-hybridized carbons (Fsp3) is 0.368. The van der Waals surface area contributed by atoms with Crippen LogP contribution in [0.15, 0.2) is 36.4 Å². The van der Waals surface area contributed by atoms with Crippen LogP contribution in [0.2, 0.25) is 0 Å². The molecule has 1 fully saturated rings. The van der Waals surface area contributed by atoms with Gasteiger partial charge in [0.05, 0.1) is 11.5 Å². The predicted octanol–water partition coefficient (Wildman–Crippen LogP) is 3.08. The van der Waals surface area contributed by atoms with Crippen LogP contribution in [-0.2, 0) is 4.79 Å². The van der Waals surface area contributed by atoms with Crippen molar-refractivity contribution in [1.82, 2.24) is 9.88 Å². The molecule has 0 aliphatic heterocycles. The van der Waals surface area contributed by atoms with Gasteiger partial charge in [0.2, 0.25) is 0 Å². The van der Waals surface area contributed by atoms with E-state index in [1.54, 1.807) is 0 Å². The van der Waals surface area contributed by atoms with E-state index in [0.717, 1.165) is 23.5 Å². The molecule has 0 saturated heterocycles. The van der Waals surface area contributed by atoms with Gasteiger partial charge in [-0.3, -0.25) is 9.59 Å². The van der Waals surface area contributed by atoms with E-state index in [9.17, 15) is 9.59 Å². The number of carboxylic acid groups (broad SMARTS) is 1. The van der Waals surface area contributed by atoms with Crippen molar-refractivity contribution in [1.29, 1.82) is 0 Å². The molecule has 3 rings (SSSR count). The van der Waals surface area contributed by atoms with Crippen LogP contribution < -0.4 is 5.32 Å². The Morgan fingerprint density at radius 1 is 1.17 bits per heavy atom. The highest BCUT2D eigenvalue weighted by Gasteiger charge is 2.31. The fourth-order valence-corrected chi connectivity index (χ4v) is 3.57. The molecule has 5 nitrogen and oxygen atoms in total. The minimum absolute atomic E-state index is 0.0571. The SMILES string of the molecule is Cc1cc(C(=O)N[C@H]2CC[C@@H](C(=O)O)C2)c(C)n1-c1ccccc1. The van der Waals surface area contributed by atoms with Crippen molar-refractivity contribution < 1.29 is 14.7 Å². The highest BCUT2D eigenvalue weighted by molar-refractivity contribution is 5.96. The Labute approximate surface area is 141 Å². The summed E-state index contributed by atoms with van der Waals surface area (Å²) in [5.41, 5.74) is 3.57. The Hall–Kier alpha value is -2.56. The van der Waals surface area contributed by atoms with Crippen molar-refractivity contribution in [2.45, 2.75) is 39.2 Å². The summed E-state index contributed by atoms with van der Waals surface area (Å²) < 4.78 is 2.06. The summed E-state index contributed by atoms with van der Waals surface area (Å²) in [4.78, 5) is 23.7. The molecule has 5 heteroatoms. The number of benzene rings is 1. The third-order valence-electron chi connectivity index (χ3n) is 4.81. The third-order valence-corrected chi connectivity index (χ3v) is 4.81. The molecule has 0 unspecified atom stereocenters. The van der Waals surface area contributed by atoms with E-state index in [-0.39, 0.29) is 17.9 Å². The minimum atomic E-state index is -0.769. The molecule has 1 heterocycles. The second-order valence-corrected chi connectivity index (χ2v) is 6.47. The van der Waals surface area contributed by atoms with Crippen molar-refractivity contribution in [3.63, 3.8) is 0 Å². The number of hydrogen-bond acceptors (Lipinski definition) is 2. The first-order valence-electron chi connectivity index (χ1n) is 8.25. The molecule has 2 aromatic rings. The van der Waals surface area contributed by atoms with Gasteiger partial charge in [-0.2, -0.15) is 0 Å². The Bertz CT molecular complexity index is 764. The molecule has 1 aliphatic carbocycles. The zero-order chi connectivity index (χ0) is 17.3. The number of aromatic nitrogens is 1. The van der Waals surface area contributed by atoms with Crippen LogP contribution >= 0.6 is 0 Å². The number of aliphatic carboxylic acids is 1. The van der Waals surface area contributed by atoms with E-state index in [2.05, 4.69) is 9.88 Å². The Balaban J connectivity index is 1.78. The standard InChI is InChI=1S/C19H22N2O3/c1-12-10-17(13(2)21(12)16-6-4-3-5-7-16)18(22)20-15-9-8-14(11-15)19(23)24/h3-7,10,14-15H,8-9,11H2,1-2H3,(H,20,22)(H,23,24)/t14-,15+/m1/s1. The van der Waals surface area contributed by atoms with Crippen LogP contribution in [0.5, 0.6) is 0 Å². The van der Waals surface area contributed by atoms with Crippen LogP contribution in [0, 0.1) is 19.8 Å². The number of carboxylic acids is 1. The molecule has 24 heavy (non-hydrogen) atoms. The van der Waals surface area contributed by atoms with Crippen molar-refractivity contribution >= 4 is 11.9 Å². The summed E-state index contributed by atoms with van der Waals surface area (Å²) >= 11 is 0. The molecule has 2 N–H and O–H groups in total. The minimum Gasteiger partial charge on any atom is -0.481 e.